The molecular weight excluding hydrogens is 300 g/mol. The number of pyridine rings is 1. The molecule has 1 aliphatic heterocycles. The Hall–Kier alpha value is -2.72. The Bertz CT molecular complexity index is 951. The third kappa shape index (κ3) is 1.90. The van der Waals surface area contributed by atoms with Crippen molar-refractivity contribution >= 4 is 16.8 Å². The summed E-state index contributed by atoms with van der Waals surface area (Å²) in [7, 11) is 0. The van der Waals surface area contributed by atoms with Gasteiger partial charge in [-0.25, -0.2) is 4.98 Å². The van der Waals surface area contributed by atoms with Crippen LogP contribution in [0.2, 0.25) is 0 Å². The lowest BCUT2D eigenvalue weighted by Gasteiger charge is -2.36. The van der Waals surface area contributed by atoms with Crippen molar-refractivity contribution in [1.82, 2.24) is 9.88 Å². The minimum Gasteiger partial charge on any atom is -0.362 e. The summed E-state index contributed by atoms with van der Waals surface area (Å²) < 4.78 is 0. The van der Waals surface area contributed by atoms with Crippen LogP contribution >= 0.6 is 0 Å². The van der Waals surface area contributed by atoms with Gasteiger partial charge in [-0.2, -0.15) is 0 Å². The summed E-state index contributed by atoms with van der Waals surface area (Å²) in [5.74, 6) is -0.168. The maximum atomic E-state index is 12.8. The number of carbonyl (C=O) groups excluding carboxylic acids is 1. The molecule has 4 heteroatoms. The first-order chi connectivity index (χ1) is 11.5. The van der Waals surface area contributed by atoms with E-state index < -0.39 is 5.72 Å². The molecule has 0 aliphatic carbocycles. The third-order valence-corrected chi connectivity index (χ3v) is 4.57. The van der Waals surface area contributed by atoms with Crippen molar-refractivity contribution in [3.63, 3.8) is 0 Å². The first-order valence-corrected chi connectivity index (χ1v) is 8.05. The largest absolute Gasteiger partial charge is 0.362 e. The minimum absolute atomic E-state index is 0.164. The molecule has 2 heterocycles. The first-order valence-electron chi connectivity index (χ1n) is 8.05. The number of amides is 1. The fraction of sp³-hybridized carbons (Fsp3) is 0.200. The van der Waals surface area contributed by atoms with E-state index in [9.17, 15) is 9.90 Å². The van der Waals surface area contributed by atoms with Crippen molar-refractivity contribution in [2.45, 2.75) is 25.6 Å². The van der Waals surface area contributed by atoms with Gasteiger partial charge in [-0.1, -0.05) is 42.5 Å². The van der Waals surface area contributed by atoms with Gasteiger partial charge < -0.3 is 5.11 Å². The van der Waals surface area contributed by atoms with Gasteiger partial charge in [0, 0.05) is 22.6 Å². The molecule has 1 N–H and O–H groups in total. The molecule has 0 saturated carbocycles. The molecule has 1 atom stereocenters. The zero-order chi connectivity index (χ0) is 16.9. The van der Waals surface area contributed by atoms with Crippen LogP contribution in [0.15, 0.2) is 60.7 Å². The monoisotopic (exact) mass is 318 g/mol. The highest BCUT2D eigenvalue weighted by Crippen LogP contribution is 2.42. The highest BCUT2D eigenvalue weighted by atomic mass is 16.3. The van der Waals surface area contributed by atoms with Crippen LogP contribution in [-0.2, 0) is 5.72 Å². The lowest BCUT2D eigenvalue weighted by Crippen LogP contribution is -2.49. The SMILES string of the molecule is CC(C)N1C(=O)c2ccccc2[C@@]1(O)c1ccc2ccccc2n1. The normalized spacial score (nSPS) is 20.0. The highest BCUT2D eigenvalue weighted by Gasteiger charge is 2.51. The lowest BCUT2D eigenvalue weighted by atomic mass is 9.96. The molecule has 1 aliphatic rings. The number of rotatable bonds is 2. The van der Waals surface area contributed by atoms with Gasteiger partial charge in [-0.05, 0) is 32.0 Å². The molecule has 4 rings (SSSR count). The highest BCUT2D eigenvalue weighted by molar-refractivity contribution is 6.00. The average molecular weight is 318 g/mol. The molecule has 1 aromatic heterocycles. The Morgan fingerprint density at radius 3 is 2.50 bits per heavy atom. The van der Waals surface area contributed by atoms with Crippen molar-refractivity contribution in [2.24, 2.45) is 0 Å². The summed E-state index contributed by atoms with van der Waals surface area (Å²) in [5, 5.41) is 12.6. The number of fused-ring (bicyclic) bond motifs is 2. The summed E-state index contributed by atoms with van der Waals surface area (Å²) >= 11 is 0. The van der Waals surface area contributed by atoms with Crippen LogP contribution in [0, 0.1) is 0 Å². The van der Waals surface area contributed by atoms with Crippen LogP contribution in [0.4, 0.5) is 0 Å². The number of nitrogens with zero attached hydrogens (tertiary/aromatic N) is 2. The van der Waals surface area contributed by atoms with Crippen molar-refractivity contribution in [3.8, 4) is 0 Å². The van der Waals surface area contributed by atoms with Crippen LogP contribution in [0.1, 0.15) is 35.5 Å². The standard InChI is InChI=1S/C20H18N2O2/c1-13(2)22-19(23)15-8-4-5-9-16(15)20(22,24)18-12-11-14-7-3-6-10-17(14)21-18/h3-13,24H,1-2H3/t20-/m1/s1. The second-order valence-corrected chi connectivity index (χ2v) is 6.38. The Balaban J connectivity index is 1.99. The number of para-hydroxylation sites is 1. The van der Waals surface area contributed by atoms with Gasteiger partial charge in [0.2, 0.25) is 5.72 Å². The molecular formula is C20H18N2O2. The summed E-state index contributed by atoms with van der Waals surface area (Å²) in [6.07, 6.45) is 0. The summed E-state index contributed by atoms with van der Waals surface area (Å²) in [4.78, 5) is 19.0. The number of hydrogen-bond donors (Lipinski definition) is 1. The molecule has 3 aromatic rings. The van der Waals surface area contributed by atoms with Gasteiger partial charge in [-0.15, -0.1) is 0 Å². The summed E-state index contributed by atoms with van der Waals surface area (Å²) in [5.41, 5.74) is 0.832. The fourth-order valence-electron chi connectivity index (χ4n) is 3.51. The molecule has 0 fully saturated rings. The van der Waals surface area contributed by atoms with E-state index in [1.54, 1.807) is 18.2 Å². The smallest absolute Gasteiger partial charge is 0.257 e. The van der Waals surface area contributed by atoms with E-state index in [0.29, 0.717) is 16.8 Å². The first kappa shape index (κ1) is 14.8. The van der Waals surface area contributed by atoms with Crippen LogP contribution in [-0.4, -0.2) is 26.9 Å². The number of aromatic nitrogens is 1. The zero-order valence-electron chi connectivity index (χ0n) is 13.6. The number of aliphatic hydroxyl groups is 1. The van der Waals surface area contributed by atoms with E-state index in [0.717, 1.165) is 10.9 Å². The second-order valence-electron chi connectivity index (χ2n) is 6.38. The molecule has 1 amide bonds. The van der Waals surface area contributed by atoms with Crippen LogP contribution < -0.4 is 0 Å². The molecule has 0 spiro atoms. The van der Waals surface area contributed by atoms with Gasteiger partial charge >= 0.3 is 0 Å². The predicted molar refractivity (Wildman–Crippen MR) is 92.5 cm³/mol. The van der Waals surface area contributed by atoms with E-state index in [1.165, 1.54) is 4.90 Å². The van der Waals surface area contributed by atoms with Gasteiger partial charge in [-0.3, -0.25) is 9.69 Å². The predicted octanol–water partition coefficient (Wildman–Crippen LogP) is 3.29. The van der Waals surface area contributed by atoms with Crippen molar-refractivity contribution < 1.29 is 9.90 Å². The Morgan fingerprint density at radius 1 is 1.00 bits per heavy atom. The van der Waals surface area contributed by atoms with Crippen molar-refractivity contribution in [2.75, 3.05) is 0 Å². The van der Waals surface area contributed by atoms with Gasteiger partial charge in [0.15, 0.2) is 0 Å². The second kappa shape index (κ2) is 5.14. The van der Waals surface area contributed by atoms with Gasteiger partial charge in [0.05, 0.1) is 11.2 Å². The van der Waals surface area contributed by atoms with Crippen molar-refractivity contribution in [3.05, 3.63) is 77.5 Å². The maximum Gasteiger partial charge on any atom is 0.257 e. The Morgan fingerprint density at radius 2 is 1.71 bits per heavy atom. The summed E-state index contributed by atoms with van der Waals surface area (Å²) in [6, 6.07) is 18.5. The van der Waals surface area contributed by atoms with E-state index in [4.69, 9.17) is 0 Å². The fourth-order valence-corrected chi connectivity index (χ4v) is 3.51. The molecule has 4 nitrogen and oxygen atoms in total. The Labute approximate surface area is 140 Å². The Kier molecular flexibility index (Phi) is 3.18. The van der Waals surface area contributed by atoms with E-state index in [2.05, 4.69) is 4.98 Å². The maximum absolute atomic E-state index is 12.8. The molecule has 2 aromatic carbocycles. The van der Waals surface area contributed by atoms with Crippen LogP contribution in [0.25, 0.3) is 10.9 Å². The molecule has 0 saturated heterocycles. The molecule has 24 heavy (non-hydrogen) atoms. The van der Waals surface area contributed by atoms with Crippen LogP contribution in [0.5, 0.6) is 0 Å². The molecule has 0 radical (unpaired) electrons. The molecule has 0 unspecified atom stereocenters. The van der Waals surface area contributed by atoms with E-state index >= 15 is 0 Å². The molecule has 120 valence electrons. The third-order valence-electron chi connectivity index (χ3n) is 4.57. The van der Waals surface area contributed by atoms with E-state index in [-0.39, 0.29) is 11.9 Å². The zero-order valence-corrected chi connectivity index (χ0v) is 13.6. The summed E-state index contributed by atoms with van der Waals surface area (Å²) in [6.45, 7) is 3.80. The number of benzene rings is 2. The van der Waals surface area contributed by atoms with Gasteiger partial charge in [0.25, 0.3) is 5.91 Å². The van der Waals surface area contributed by atoms with Gasteiger partial charge in [0.1, 0.15) is 0 Å². The lowest BCUT2D eigenvalue weighted by molar-refractivity contribution is -0.0665. The topological polar surface area (TPSA) is 53.4 Å². The molecule has 0 bridgehead atoms. The number of carbonyl (C=O) groups is 1. The number of hydrogen-bond acceptors (Lipinski definition) is 3. The quantitative estimate of drug-likeness (QED) is 0.789. The van der Waals surface area contributed by atoms with Crippen molar-refractivity contribution in [1.29, 1.82) is 0 Å². The minimum atomic E-state index is -1.55. The van der Waals surface area contributed by atoms with Crippen LogP contribution in [0.3, 0.4) is 0 Å². The van der Waals surface area contributed by atoms with E-state index in [1.807, 2.05) is 56.3 Å². The average Bonchev–Trinajstić information content (AvgIpc) is 2.83.